The molecule has 0 aliphatic rings. The third-order valence-electron chi connectivity index (χ3n) is 4.95. The predicted molar refractivity (Wildman–Crippen MR) is 126 cm³/mol. The summed E-state index contributed by atoms with van der Waals surface area (Å²) in [6, 6.07) is 25.1. The first-order valence-electron chi connectivity index (χ1n) is 10.5. The van der Waals surface area contributed by atoms with Gasteiger partial charge in [-0.3, -0.25) is 4.79 Å². The Morgan fingerprint density at radius 1 is 1.03 bits per heavy atom. The van der Waals surface area contributed by atoms with Gasteiger partial charge in [-0.15, -0.1) is 0 Å². The molecule has 0 aliphatic carbocycles. The third-order valence-corrected chi connectivity index (χ3v) is 4.95. The molecular weight excluding hydrogens is 402 g/mol. The lowest BCUT2D eigenvalue weighted by Crippen LogP contribution is -2.20. The highest BCUT2D eigenvalue weighted by atomic mass is 16.5. The van der Waals surface area contributed by atoms with E-state index in [4.69, 9.17) is 14.7 Å². The van der Waals surface area contributed by atoms with Gasteiger partial charge in [0.1, 0.15) is 0 Å². The van der Waals surface area contributed by atoms with E-state index in [9.17, 15) is 4.79 Å². The summed E-state index contributed by atoms with van der Waals surface area (Å²) in [4.78, 5) is 14.6. The molecule has 0 fully saturated rings. The van der Waals surface area contributed by atoms with Gasteiger partial charge in [0.25, 0.3) is 0 Å². The Balaban J connectivity index is 1.52. The standard InChI is InChI=1S/C26H27N3O3/c1-29(19-20-9-4-3-5-10-20)23-12-7-6-11-22(23)28-26(30)13-8-16-32-24-15-14-21(18-27)17-25(24)31-2/h3-7,9-12,14-15,17H,8,13,16,19H2,1-2H3,(H,28,30). The lowest BCUT2D eigenvalue weighted by molar-refractivity contribution is -0.116. The Kier molecular flexibility index (Phi) is 8.10. The minimum atomic E-state index is -0.0686. The van der Waals surface area contributed by atoms with Crippen LogP contribution in [-0.2, 0) is 11.3 Å². The largest absolute Gasteiger partial charge is 0.493 e. The number of carbonyl (C=O) groups excluding carboxylic acids is 1. The Hall–Kier alpha value is -3.98. The van der Waals surface area contributed by atoms with Crippen LogP contribution in [0.25, 0.3) is 0 Å². The molecule has 164 valence electrons. The van der Waals surface area contributed by atoms with Crippen molar-refractivity contribution in [3.63, 3.8) is 0 Å². The Labute approximate surface area is 189 Å². The molecule has 32 heavy (non-hydrogen) atoms. The molecule has 0 unspecified atom stereocenters. The lowest BCUT2D eigenvalue weighted by atomic mass is 10.2. The molecule has 0 atom stereocenters. The van der Waals surface area contributed by atoms with E-state index in [2.05, 4.69) is 28.4 Å². The number of benzene rings is 3. The van der Waals surface area contributed by atoms with Gasteiger partial charge in [0.15, 0.2) is 11.5 Å². The van der Waals surface area contributed by atoms with Crippen LogP contribution in [0.15, 0.2) is 72.8 Å². The van der Waals surface area contributed by atoms with Crippen LogP contribution in [0.1, 0.15) is 24.0 Å². The van der Waals surface area contributed by atoms with Crippen LogP contribution in [0.2, 0.25) is 0 Å². The summed E-state index contributed by atoms with van der Waals surface area (Å²) in [5.74, 6) is 0.990. The molecule has 3 aromatic carbocycles. The summed E-state index contributed by atoms with van der Waals surface area (Å²) in [6.07, 6.45) is 0.881. The van der Waals surface area contributed by atoms with Gasteiger partial charge in [-0.2, -0.15) is 5.26 Å². The fourth-order valence-corrected chi connectivity index (χ4v) is 3.34. The van der Waals surface area contributed by atoms with Crippen LogP contribution in [0.3, 0.4) is 0 Å². The number of amides is 1. The molecular formula is C26H27N3O3. The molecule has 0 bridgehead atoms. The van der Waals surface area contributed by atoms with Crippen molar-refractivity contribution in [2.24, 2.45) is 0 Å². The highest BCUT2D eigenvalue weighted by molar-refractivity contribution is 5.94. The van der Waals surface area contributed by atoms with E-state index in [0.717, 1.165) is 17.9 Å². The van der Waals surface area contributed by atoms with Crippen molar-refractivity contribution in [1.82, 2.24) is 0 Å². The number of para-hydroxylation sites is 2. The SMILES string of the molecule is COc1cc(C#N)ccc1OCCCC(=O)Nc1ccccc1N(C)Cc1ccccc1. The summed E-state index contributed by atoms with van der Waals surface area (Å²) in [7, 11) is 3.54. The first kappa shape index (κ1) is 22.7. The second kappa shape index (κ2) is 11.4. The predicted octanol–water partition coefficient (Wildman–Crippen LogP) is 5.00. The molecule has 0 spiro atoms. The molecule has 0 aromatic heterocycles. The van der Waals surface area contributed by atoms with Crippen molar-refractivity contribution in [3.05, 3.63) is 83.9 Å². The fourth-order valence-electron chi connectivity index (χ4n) is 3.34. The van der Waals surface area contributed by atoms with Crippen molar-refractivity contribution in [1.29, 1.82) is 5.26 Å². The average Bonchev–Trinajstić information content (AvgIpc) is 2.82. The number of nitriles is 1. The van der Waals surface area contributed by atoms with E-state index < -0.39 is 0 Å². The monoisotopic (exact) mass is 429 g/mol. The number of ether oxygens (including phenoxy) is 2. The number of methoxy groups -OCH3 is 1. The van der Waals surface area contributed by atoms with Gasteiger partial charge < -0.3 is 19.7 Å². The van der Waals surface area contributed by atoms with Crippen LogP contribution < -0.4 is 19.7 Å². The van der Waals surface area contributed by atoms with E-state index in [-0.39, 0.29) is 5.91 Å². The molecule has 0 heterocycles. The lowest BCUT2D eigenvalue weighted by Gasteiger charge is -2.23. The van der Waals surface area contributed by atoms with Gasteiger partial charge in [-0.25, -0.2) is 0 Å². The summed E-state index contributed by atoms with van der Waals surface area (Å²) in [6.45, 7) is 1.11. The maximum Gasteiger partial charge on any atom is 0.224 e. The molecule has 3 aromatic rings. The molecule has 1 amide bonds. The maximum absolute atomic E-state index is 12.5. The summed E-state index contributed by atoms with van der Waals surface area (Å²) in [5.41, 5.74) is 3.45. The summed E-state index contributed by atoms with van der Waals surface area (Å²) >= 11 is 0. The summed E-state index contributed by atoms with van der Waals surface area (Å²) in [5, 5.41) is 12.0. The van der Waals surface area contributed by atoms with Crippen LogP contribution in [-0.4, -0.2) is 26.7 Å². The van der Waals surface area contributed by atoms with E-state index in [1.165, 1.54) is 12.7 Å². The van der Waals surface area contributed by atoms with Gasteiger partial charge in [0.05, 0.1) is 36.7 Å². The highest BCUT2D eigenvalue weighted by Crippen LogP contribution is 2.28. The zero-order valence-electron chi connectivity index (χ0n) is 18.4. The highest BCUT2D eigenvalue weighted by Gasteiger charge is 2.11. The second-order valence-electron chi connectivity index (χ2n) is 7.34. The second-order valence-corrected chi connectivity index (χ2v) is 7.34. The van der Waals surface area contributed by atoms with Crippen molar-refractivity contribution >= 4 is 17.3 Å². The molecule has 6 nitrogen and oxygen atoms in total. The average molecular weight is 430 g/mol. The number of carbonyl (C=O) groups is 1. The van der Waals surface area contributed by atoms with Crippen molar-refractivity contribution in [2.75, 3.05) is 31.0 Å². The molecule has 1 N–H and O–H groups in total. The third kappa shape index (κ3) is 6.26. The molecule has 6 heteroatoms. The zero-order chi connectivity index (χ0) is 22.8. The number of hydrogen-bond acceptors (Lipinski definition) is 5. The first-order valence-corrected chi connectivity index (χ1v) is 10.5. The number of nitrogens with one attached hydrogen (secondary N) is 1. The Bertz CT molecular complexity index is 1080. The molecule has 0 radical (unpaired) electrons. The molecule has 0 aliphatic heterocycles. The van der Waals surface area contributed by atoms with E-state index in [0.29, 0.717) is 36.5 Å². The maximum atomic E-state index is 12.5. The molecule has 3 rings (SSSR count). The van der Waals surface area contributed by atoms with Crippen LogP contribution in [0, 0.1) is 11.3 Å². The molecule has 0 saturated heterocycles. The number of hydrogen-bond donors (Lipinski definition) is 1. The molecule has 0 saturated carbocycles. The van der Waals surface area contributed by atoms with E-state index >= 15 is 0 Å². The number of rotatable bonds is 10. The Morgan fingerprint density at radius 2 is 1.78 bits per heavy atom. The van der Waals surface area contributed by atoms with Gasteiger partial charge in [0.2, 0.25) is 5.91 Å². The van der Waals surface area contributed by atoms with Gasteiger partial charge in [0, 0.05) is 26.1 Å². The minimum Gasteiger partial charge on any atom is -0.493 e. The zero-order valence-corrected chi connectivity index (χ0v) is 18.4. The quantitative estimate of drug-likeness (QED) is 0.459. The smallest absolute Gasteiger partial charge is 0.224 e. The number of nitrogens with zero attached hydrogens (tertiary/aromatic N) is 2. The van der Waals surface area contributed by atoms with E-state index in [1.54, 1.807) is 18.2 Å². The van der Waals surface area contributed by atoms with E-state index in [1.807, 2.05) is 49.5 Å². The van der Waals surface area contributed by atoms with Gasteiger partial charge in [-0.05, 0) is 36.2 Å². The topological polar surface area (TPSA) is 74.6 Å². The van der Waals surface area contributed by atoms with Gasteiger partial charge >= 0.3 is 0 Å². The van der Waals surface area contributed by atoms with Crippen LogP contribution in [0.5, 0.6) is 11.5 Å². The van der Waals surface area contributed by atoms with Crippen LogP contribution in [0.4, 0.5) is 11.4 Å². The normalized spacial score (nSPS) is 10.2. The number of anilines is 2. The first-order chi connectivity index (χ1) is 15.6. The minimum absolute atomic E-state index is 0.0686. The Morgan fingerprint density at radius 3 is 2.53 bits per heavy atom. The van der Waals surface area contributed by atoms with Crippen molar-refractivity contribution in [2.45, 2.75) is 19.4 Å². The van der Waals surface area contributed by atoms with Crippen molar-refractivity contribution in [3.8, 4) is 17.6 Å². The summed E-state index contributed by atoms with van der Waals surface area (Å²) < 4.78 is 11.0. The van der Waals surface area contributed by atoms with Crippen molar-refractivity contribution < 1.29 is 14.3 Å². The van der Waals surface area contributed by atoms with Crippen LogP contribution >= 0.6 is 0 Å². The van der Waals surface area contributed by atoms with Gasteiger partial charge in [-0.1, -0.05) is 42.5 Å². The fraction of sp³-hybridized carbons (Fsp3) is 0.231.